The van der Waals surface area contributed by atoms with Gasteiger partial charge in [0.05, 0.1) is 17.0 Å². The van der Waals surface area contributed by atoms with Gasteiger partial charge in [0.25, 0.3) is 5.91 Å². The van der Waals surface area contributed by atoms with Crippen LogP contribution in [0, 0.1) is 0 Å². The maximum Gasteiger partial charge on any atom is 0.258 e. The van der Waals surface area contributed by atoms with Crippen molar-refractivity contribution in [2.24, 2.45) is 5.16 Å². The highest BCUT2D eigenvalue weighted by Crippen LogP contribution is 2.35. The third-order valence-corrected chi connectivity index (χ3v) is 6.27. The Morgan fingerprint density at radius 2 is 2.16 bits per heavy atom. The van der Waals surface area contributed by atoms with Crippen LogP contribution in [-0.4, -0.2) is 36.1 Å². The zero-order valence-corrected chi connectivity index (χ0v) is 15.3. The number of allylic oxidation sites excluding steroid dienone is 1. The summed E-state index contributed by atoms with van der Waals surface area (Å²) >= 11 is 6.03. The van der Waals surface area contributed by atoms with E-state index in [9.17, 15) is 13.2 Å². The summed E-state index contributed by atoms with van der Waals surface area (Å²) in [5.41, 5.74) is 2.06. The lowest BCUT2D eigenvalue weighted by molar-refractivity contribution is -0.130. The second-order valence-electron chi connectivity index (χ2n) is 6.04. The number of carbonyl (C=O) groups is 1. The van der Waals surface area contributed by atoms with Crippen LogP contribution in [0.15, 0.2) is 52.8 Å². The van der Waals surface area contributed by atoms with Crippen LogP contribution in [0.1, 0.15) is 19.4 Å². The number of nitrogens with zero attached hydrogens (tertiary/aromatic N) is 2. The standard InChI is InChI=1S/C17H17ClN2O4S/c1-11-8-20-16(21)14(17(20)25(22,23)10-11)7-12(2)19-24-9-13-5-3-4-6-15(13)18/h3-8,17H,9-10H2,1-2H3/b14-7-,19-12+. The second kappa shape index (κ2) is 6.65. The van der Waals surface area contributed by atoms with Gasteiger partial charge in [0.2, 0.25) is 0 Å². The number of halogens is 1. The first-order chi connectivity index (χ1) is 11.8. The molecule has 2 aliphatic rings. The number of carbonyl (C=O) groups excluding carboxylic acids is 1. The van der Waals surface area contributed by atoms with Crippen molar-refractivity contribution in [2.45, 2.75) is 25.8 Å². The maximum atomic E-state index is 12.3. The van der Waals surface area contributed by atoms with Crippen molar-refractivity contribution in [2.75, 3.05) is 5.75 Å². The predicted octanol–water partition coefficient (Wildman–Crippen LogP) is 2.66. The van der Waals surface area contributed by atoms with E-state index in [1.807, 2.05) is 18.2 Å². The van der Waals surface area contributed by atoms with Gasteiger partial charge in [0.1, 0.15) is 6.61 Å². The largest absolute Gasteiger partial charge is 0.391 e. The van der Waals surface area contributed by atoms with E-state index >= 15 is 0 Å². The fourth-order valence-electron chi connectivity index (χ4n) is 2.81. The third kappa shape index (κ3) is 3.48. The SMILES string of the molecule is CC1=CN2C(=O)/C(=C/C(C)=N/OCc3ccccc3Cl)C2S(=O)(=O)C1. The van der Waals surface area contributed by atoms with Gasteiger partial charge < -0.3 is 4.84 Å². The molecule has 1 fully saturated rings. The van der Waals surface area contributed by atoms with E-state index < -0.39 is 15.2 Å². The summed E-state index contributed by atoms with van der Waals surface area (Å²) < 4.78 is 24.5. The molecule has 3 rings (SSSR count). The summed E-state index contributed by atoms with van der Waals surface area (Å²) in [5.74, 6) is -0.369. The lowest BCUT2D eigenvalue weighted by Crippen LogP contribution is -2.58. The van der Waals surface area contributed by atoms with Gasteiger partial charge in [-0.15, -0.1) is 0 Å². The van der Waals surface area contributed by atoms with Gasteiger partial charge in [-0.25, -0.2) is 8.42 Å². The molecule has 8 heteroatoms. The minimum absolute atomic E-state index is 0.0437. The highest BCUT2D eigenvalue weighted by molar-refractivity contribution is 7.92. The number of fused-ring (bicyclic) bond motifs is 1. The quantitative estimate of drug-likeness (QED) is 0.348. The molecular weight excluding hydrogens is 364 g/mol. The molecule has 1 aromatic carbocycles. The molecule has 0 N–H and O–H groups in total. The fraction of sp³-hybridized carbons (Fsp3) is 0.294. The van der Waals surface area contributed by atoms with Crippen molar-refractivity contribution >= 4 is 33.1 Å². The molecule has 6 nitrogen and oxygen atoms in total. The lowest BCUT2D eigenvalue weighted by Gasteiger charge is -2.42. The van der Waals surface area contributed by atoms with Gasteiger partial charge in [-0.05, 0) is 31.6 Å². The van der Waals surface area contributed by atoms with Crippen molar-refractivity contribution in [3.05, 3.63) is 58.3 Å². The van der Waals surface area contributed by atoms with Crippen molar-refractivity contribution in [3.8, 4) is 0 Å². The van der Waals surface area contributed by atoms with E-state index in [0.717, 1.165) is 5.56 Å². The molecule has 0 bridgehead atoms. The minimum atomic E-state index is -3.41. The van der Waals surface area contributed by atoms with Crippen LogP contribution in [0.25, 0.3) is 0 Å². The van der Waals surface area contributed by atoms with E-state index in [1.54, 1.807) is 26.1 Å². The van der Waals surface area contributed by atoms with Crippen LogP contribution in [0.2, 0.25) is 5.02 Å². The molecule has 0 spiro atoms. The molecule has 132 valence electrons. The van der Waals surface area contributed by atoms with E-state index in [2.05, 4.69) is 5.16 Å². The number of rotatable bonds is 4. The summed E-state index contributed by atoms with van der Waals surface area (Å²) in [6.45, 7) is 3.52. The average molecular weight is 381 g/mol. The van der Waals surface area contributed by atoms with Crippen LogP contribution in [0.3, 0.4) is 0 Å². The number of hydrogen-bond acceptors (Lipinski definition) is 5. The molecule has 1 unspecified atom stereocenters. The van der Waals surface area contributed by atoms with Crippen LogP contribution in [-0.2, 0) is 26.1 Å². The van der Waals surface area contributed by atoms with Crippen LogP contribution in [0.4, 0.5) is 0 Å². The molecule has 0 aliphatic carbocycles. The highest BCUT2D eigenvalue weighted by atomic mass is 35.5. The van der Waals surface area contributed by atoms with E-state index in [4.69, 9.17) is 16.4 Å². The van der Waals surface area contributed by atoms with Crippen molar-refractivity contribution in [1.82, 2.24) is 4.90 Å². The van der Waals surface area contributed by atoms with Crippen molar-refractivity contribution in [1.29, 1.82) is 0 Å². The zero-order valence-electron chi connectivity index (χ0n) is 13.8. The van der Waals surface area contributed by atoms with Gasteiger partial charge >= 0.3 is 0 Å². The Morgan fingerprint density at radius 3 is 2.88 bits per heavy atom. The first kappa shape index (κ1) is 17.7. The Bertz CT molecular complexity index is 918. The first-order valence-corrected chi connectivity index (χ1v) is 9.72. The van der Waals surface area contributed by atoms with Crippen LogP contribution >= 0.6 is 11.6 Å². The summed E-state index contributed by atoms with van der Waals surface area (Å²) in [7, 11) is -3.41. The molecule has 1 amide bonds. The minimum Gasteiger partial charge on any atom is -0.391 e. The Kier molecular flexibility index (Phi) is 4.71. The monoisotopic (exact) mass is 380 g/mol. The van der Waals surface area contributed by atoms with Crippen LogP contribution < -0.4 is 0 Å². The predicted molar refractivity (Wildman–Crippen MR) is 95.6 cm³/mol. The molecule has 25 heavy (non-hydrogen) atoms. The Hall–Kier alpha value is -2.12. The van der Waals surface area contributed by atoms with Crippen LogP contribution in [0.5, 0.6) is 0 Å². The number of hydrogen-bond donors (Lipinski definition) is 0. The number of amides is 1. The number of sulfone groups is 1. The van der Waals surface area contributed by atoms with Crippen molar-refractivity contribution in [3.63, 3.8) is 0 Å². The molecular formula is C17H17ClN2O4S. The fourth-order valence-corrected chi connectivity index (χ4v) is 4.93. The highest BCUT2D eigenvalue weighted by Gasteiger charge is 2.51. The smallest absolute Gasteiger partial charge is 0.258 e. The normalized spacial score (nSPS) is 23.8. The van der Waals surface area contributed by atoms with Gasteiger partial charge in [0.15, 0.2) is 15.2 Å². The molecule has 0 saturated carbocycles. The Labute approximate surface area is 151 Å². The van der Waals surface area contributed by atoms with E-state index in [-0.39, 0.29) is 23.8 Å². The maximum absolute atomic E-state index is 12.3. The lowest BCUT2D eigenvalue weighted by atomic mass is 10.0. The van der Waals surface area contributed by atoms with Gasteiger partial charge in [0, 0.05) is 16.8 Å². The Balaban J connectivity index is 1.72. The zero-order chi connectivity index (χ0) is 18.2. The summed E-state index contributed by atoms with van der Waals surface area (Å²) in [6.07, 6.45) is 3.05. The number of benzene rings is 1. The summed E-state index contributed by atoms with van der Waals surface area (Å²) in [6, 6.07) is 7.24. The van der Waals surface area contributed by atoms with Gasteiger partial charge in [-0.3, -0.25) is 9.69 Å². The van der Waals surface area contributed by atoms with Gasteiger partial charge in [-0.1, -0.05) is 35.0 Å². The number of β-lactam (4-membered cyclic amide) rings is 1. The van der Waals surface area contributed by atoms with Crippen molar-refractivity contribution < 1.29 is 18.0 Å². The topological polar surface area (TPSA) is 76.0 Å². The second-order valence-corrected chi connectivity index (χ2v) is 8.51. The third-order valence-electron chi connectivity index (χ3n) is 3.88. The average Bonchev–Trinajstić information content (AvgIpc) is 2.53. The molecule has 1 atom stereocenters. The first-order valence-electron chi connectivity index (χ1n) is 7.62. The molecule has 2 aliphatic heterocycles. The molecule has 1 saturated heterocycles. The molecule has 1 aromatic rings. The molecule has 2 heterocycles. The summed E-state index contributed by atoms with van der Waals surface area (Å²) in [5, 5.41) is 3.58. The van der Waals surface area contributed by atoms with E-state index in [0.29, 0.717) is 16.3 Å². The Morgan fingerprint density at radius 1 is 1.44 bits per heavy atom. The van der Waals surface area contributed by atoms with E-state index in [1.165, 1.54) is 11.0 Å². The molecule has 0 aromatic heterocycles. The number of oxime groups is 1. The summed E-state index contributed by atoms with van der Waals surface area (Å²) in [4.78, 5) is 18.6. The molecule has 0 radical (unpaired) electrons. The van der Waals surface area contributed by atoms with Gasteiger partial charge in [-0.2, -0.15) is 0 Å².